The van der Waals surface area contributed by atoms with Gasteiger partial charge in [-0.15, -0.1) is 0 Å². The Balaban J connectivity index is 3.74. The molecule has 0 aliphatic rings. The van der Waals surface area contributed by atoms with Crippen molar-refractivity contribution < 1.29 is 45.6 Å². The molecule has 0 N–H and O–H groups in total. The Kier molecular flexibility index (Phi) is 3.92. The van der Waals surface area contributed by atoms with Crippen LogP contribution in [0.3, 0.4) is 0 Å². The first kappa shape index (κ1) is 9.94. The van der Waals surface area contributed by atoms with E-state index >= 15 is 0 Å². The average Bonchev–Trinajstić information content (AvgIpc) is 1.80. The van der Waals surface area contributed by atoms with Crippen molar-refractivity contribution >= 4 is 5.97 Å². The first-order valence-corrected chi connectivity index (χ1v) is 7.75. The summed E-state index contributed by atoms with van der Waals surface area (Å²) in [6.07, 6.45) is -4.84. The molecule has 2 nitrogen and oxygen atoms in total. The van der Waals surface area contributed by atoms with E-state index in [2.05, 4.69) is 9.22 Å². The van der Waals surface area contributed by atoms with Gasteiger partial charge in [0.25, 0.3) is 0 Å². The number of carbonyl (C=O) groups is 1. The zero-order valence-corrected chi connectivity index (χ0v) is 10.4. The molecular weight excluding hydrogens is 338 g/mol. The van der Waals surface area contributed by atoms with Gasteiger partial charge in [0.2, 0.25) is 0 Å². The minimum absolute atomic E-state index is 1.28. The Bertz CT molecular complexity index is 142. The van der Waals surface area contributed by atoms with Crippen molar-refractivity contribution in [3.63, 3.8) is 0 Å². The summed E-state index contributed by atoms with van der Waals surface area (Å²) >= 11 is -2.17. The molecule has 0 bridgehead atoms. The molecule has 54 valence electrons. The van der Waals surface area contributed by atoms with Crippen molar-refractivity contribution in [1.82, 2.24) is 0 Å². The second-order valence-electron chi connectivity index (χ2n) is 1.38. The predicted molar refractivity (Wildman–Crippen MR) is 22.3 cm³/mol. The molecular formula is C4H3F3HgO2. The summed E-state index contributed by atoms with van der Waals surface area (Å²) in [5.74, 6) is -2.09. The third-order valence-corrected chi connectivity index (χ3v) is 3.15. The fourth-order valence-corrected chi connectivity index (χ4v) is 1.90. The van der Waals surface area contributed by atoms with Crippen molar-refractivity contribution in [3.05, 3.63) is 10.2 Å². The molecule has 0 spiro atoms. The molecule has 0 aromatic heterocycles. The Morgan fingerprint density at radius 3 is 2.40 bits per heavy atom. The van der Waals surface area contributed by atoms with E-state index in [4.69, 9.17) is 0 Å². The van der Waals surface area contributed by atoms with Crippen LogP contribution in [0.4, 0.5) is 13.2 Å². The van der Waals surface area contributed by atoms with E-state index in [1.54, 1.807) is 0 Å². The van der Waals surface area contributed by atoms with Gasteiger partial charge in [0, 0.05) is 0 Å². The van der Waals surface area contributed by atoms with E-state index in [9.17, 15) is 18.0 Å². The third kappa shape index (κ3) is 3.87. The minimum atomic E-state index is -4.84. The monoisotopic (exact) mass is 342 g/mol. The standard InChI is InChI=1S/C2HF3O2.C2H3.Hg/c3-2(4,5)1(6)7;1-2;/h(H,6,7);1H,2H2;/q;;+1/p-1. The first-order valence-electron chi connectivity index (χ1n) is 2.33. The number of rotatable bonds is 2. The van der Waals surface area contributed by atoms with Crippen molar-refractivity contribution in [3.8, 4) is 0 Å². The molecule has 0 saturated carbocycles. The zero-order valence-electron chi connectivity index (χ0n) is 4.94. The average molecular weight is 341 g/mol. The van der Waals surface area contributed by atoms with Crippen molar-refractivity contribution in [1.29, 1.82) is 0 Å². The van der Waals surface area contributed by atoms with Crippen molar-refractivity contribution in [2.75, 3.05) is 0 Å². The molecule has 0 unspecified atom stereocenters. The fraction of sp³-hybridized carbons (Fsp3) is 0.250. The van der Waals surface area contributed by atoms with Crippen LogP contribution in [-0.2, 0) is 32.5 Å². The van der Waals surface area contributed by atoms with Crippen LogP contribution in [0.15, 0.2) is 10.2 Å². The second kappa shape index (κ2) is 3.95. The Morgan fingerprint density at radius 1 is 1.60 bits per heavy atom. The number of alkyl halides is 3. The van der Waals surface area contributed by atoms with Crippen LogP contribution in [0, 0.1) is 0 Å². The molecule has 6 heteroatoms. The molecule has 0 aliphatic heterocycles. The molecule has 0 saturated heterocycles. The van der Waals surface area contributed by atoms with E-state index in [-0.39, 0.29) is 0 Å². The van der Waals surface area contributed by atoms with Crippen LogP contribution in [-0.4, -0.2) is 12.1 Å². The molecule has 10 heavy (non-hydrogen) atoms. The Hall–Kier alpha value is -0.0649. The van der Waals surface area contributed by atoms with Gasteiger partial charge in [-0.2, -0.15) is 0 Å². The van der Waals surface area contributed by atoms with Gasteiger partial charge in [-0.1, -0.05) is 0 Å². The molecule has 0 heterocycles. The van der Waals surface area contributed by atoms with Crippen LogP contribution in [0.1, 0.15) is 0 Å². The Morgan fingerprint density at radius 2 is 2.10 bits per heavy atom. The summed E-state index contributed by atoms with van der Waals surface area (Å²) in [7, 11) is 0. The molecule has 0 fully saturated rings. The van der Waals surface area contributed by atoms with Gasteiger partial charge in [-0.05, 0) is 0 Å². The normalized spacial score (nSPS) is 9.90. The SMILES string of the molecule is C=[CH][Hg][O]C(=O)C(F)(F)F. The van der Waals surface area contributed by atoms with Gasteiger partial charge in [0.05, 0.1) is 0 Å². The maximum atomic E-state index is 11.3. The van der Waals surface area contributed by atoms with Gasteiger partial charge in [0.1, 0.15) is 0 Å². The van der Waals surface area contributed by atoms with E-state index in [1.807, 2.05) is 0 Å². The predicted octanol–water partition coefficient (Wildman–Crippen LogP) is 1.23. The second-order valence-corrected chi connectivity index (χ2v) is 6.05. The summed E-state index contributed by atoms with van der Waals surface area (Å²) in [6, 6.07) is 0. The van der Waals surface area contributed by atoms with Crippen LogP contribution < -0.4 is 0 Å². The quantitative estimate of drug-likeness (QED) is 0.707. The zero-order chi connectivity index (χ0) is 8.20. The summed E-state index contributed by atoms with van der Waals surface area (Å²) < 4.78 is 39.1. The summed E-state index contributed by atoms with van der Waals surface area (Å²) in [6.45, 7) is 3.17. The van der Waals surface area contributed by atoms with E-state index in [0.717, 1.165) is 0 Å². The molecule has 0 aliphatic carbocycles. The van der Waals surface area contributed by atoms with Gasteiger partial charge in [-0.3, -0.25) is 0 Å². The van der Waals surface area contributed by atoms with Crippen molar-refractivity contribution in [2.24, 2.45) is 0 Å². The fourth-order valence-electron chi connectivity index (χ4n) is 0.216. The molecule has 0 aromatic rings. The van der Waals surface area contributed by atoms with Gasteiger partial charge in [-0.25, -0.2) is 0 Å². The van der Waals surface area contributed by atoms with Crippen LogP contribution >= 0.6 is 0 Å². The van der Waals surface area contributed by atoms with E-state index in [0.29, 0.717) is 0 Å². The molecule has 0 aromatic carbocycles. The van der Waals surface area contributed by atoms with E-state index in [1.165, 1.54) is 3.58 Å². The topological polar surface area (TPSA) is 26.3 Å². The third-order valence-electron chi connectivity index (χ3n) is 0.564. The van der Waals surface area contributed by atoms with E-state index < -0.39 is 37.2 Å². The van der Waals surface area contributed by atoms with Gasteiger partial charge in [0.15, 0.2) is 0 Å². The van der Waals surface area contributed by atoms with Gasteiger partial charge >= 0.3 is 68.0 Å². The summed E-state index contributed by atoms with van der Waals surface area (Å²) in [5, 5.41) is 0. The molecule has 0 atom stereocenters. The summed E-state index contributed by atoms with van der Waals surface area (Å²) in [5.41, 5.74) is 0. The summed E-state index contributed by atoms with van der Waals surface area (Å²) in [4.78, 5) is 9.88. The van der Waals surface area contributed by atoms with Gasteiger partial charge < -0.3 is 0 Å². The first-order chi connectivity index (χ1) is 4.48. The van der Waals surface area contributed by atoms with Crippen LogP contribution in [0.25, 0.3) is 0 Å². The van der Waals surface area contributed by atoms with Crippen molar-refractivity contribution in [2.45, 2.75) is 6.18 Å². The van der Waals surface area contributed by atoms with Crippen LogP contribution in [0.5, 0.6) is 0 Å². The van der Waals surface area contributed by atoms with Crippen LogP contribution in [0.2, 0.25) is 0 Å². The number of halogens is 3. The number of hydrogen-bond donors (Lipinski definition) is 0. The number of hydrogen-bond acceptors (Lipinski definition) is 2. The maximum absolute atomic E-state index is 11.3. The molecule has 0 radical (unpaired) electrons. The Labute approximate surface area is 68.1 Å². The molecule has 0 rings (SSSR count). The number of carbonyl (C=O) groups excluding carboxylic acids is 1. The molecule has 0 amide bonds.